The number of nitrogens with one attached hydrogen (secondary N) is 1. The van der Waals surface area contributed by atoms with Crippen molar-refractivity contribution >= 4 is 5.91 Å². The molecule has 0 saturated carbocycles. The number of carbonyl (C=O) groups excluding carboxylic acids is 1. The van der Waals surface area contributed by atoms with Gasteiger partial charge < -0.3 is 15.5 Å². The molecular formula is C17H19NO3. The van der Waals surface area contributed by atoms with Gasteiger partial charge in [-0.2, -0.15) is 0 Å². The van der Waals surface area contributed by atoms with E-state index in [1.807, 2.05) is 0 Å². The van der Waals surface area contributed by atoms with E-state index >= 15 is 0 Å². The minimum Gasteiger partial charge on any atom is -0.504 e. The average Bonchev–Trinajstić information content (AvgIpc) is 2.50. The summed E-state index contributed by atoms with van der Waals surface area (Å²) in [4.78, 5) is 12.3. The average molecular weight is 285 g/mol. The predicted octanol–water partition coefficient (Wildman–Crippen LogP) is 3.03. The van der Waals surface area contributed by atoms with Crippen molar-refractivity contribution in [1.82, 2.24) is 5.32 Å². The number of hydrogen-bond acceptors (Lipinski definition) is 3. The third-order valence-electron chi connectivity index (χ3n) is 4.24. The molecule has 2 aliphatic rings. The SMILES string of the molecule is O=C(N[C@@H]1CCCC2=C1CCC=C2)c1cccc(O)c1O. The van der Waals surface area contributed by atoms with E-state index in [9.17, 15) is 15.0 Å². The molecule has 4 nitrogen and oxygen atoms in total. The Hall–Kier alpha value is -2.23. The van der Waals surface area contributed by atoms with Gasteiger partial charge in [0.25, 0.3) is 5.91 Å². The first-order chi connectivity index (χ1) is 10.2. The molecule has 0 bridgehead atoms. The van der Waals surface area contributed by atoms with E-state index in [1.165, 1.54) is 23.3 Å². The van der Waals surface area contributed by atoms with Gasteiger partial charge in [-0.05, 0) is 55.4 Å². The summed E-state index contributed by atoms with van der Waals surface area (Å²) >= 11 is 0. The largest absolute Gasteiger partial charge is 0.504 e. The van der Waals surface area contributed by atoms with Gasteiger partial charge >= 0.3 is 0 Å². The van der Waals surface area contributed by atoms with E-state index in [-0.39, 0.29) is 29.0 Å². The molecule has 0 heterocycles. The van der Waals surface area contributed by atoms with Crippen molar-refractivity contribution in [3.63, 3.8) is 0 Å². The second-order valence-corrected chi connectivity index (χ2v) is 5.58. The van der Waals surface area contributed by atoms with Crippen molar-refractivity contribution in [3.8, 4) is 11.5 Å². The quantitative estimate of drug-likeness (QED) is 0.731. The van der Waals surface area contributed by atoms with Gasteiger partial charge in [-0.1, -0.05) is 18.2 Å². The van der Waals surface area contributed by atoms with Crippen molar-refractivity contribution in [2.24, 2.45) is 0 Å². The number of rotatable bonds is 2. The number of benzene rings is 1. The minimum absolute atomic E-state index is 0.0351. The normalized spacial score (nSPS) is 21.0. The fourth-order valence-electron chi connectivity index (χ4n) is 3.15. The Morgan fingerprint density at radius 3 is 2.95 bits per heavy atom. The van der Waals surface area contributed by atoms with Crippen LogP contribution < -0.4 is 5.32 Å². The molecule has 1 atom stereocenters. The number of carbonyl (C=O) groups is 1. The lowest BCUT2D eigenvalue weighted by molar-refractivity contribution is 0.0935. The monoisotopic (exact) mass is 285 g/mol. The highest BCUT2D eigenvalue weighted by Gasteiger charge is 2.25. The van der Waals surface area contributed by atoms with Crippen molar-refractivity contribution in [2.45, 2.75) is 38.1 Å². The predicted molar refractivity (Wildman–Crippen MR) is 80.3 cm³/mol. The van der Waals surface area contributed by atoms with E-state index in [1.54, 1.807) is 6.07 Å². The molecule has 0 spiro atoms. The van der Waals surface area contributed by atoms with E-state index in [0.717, 1.165) is 32.1 Å². The summed E-state index contributed by atoms with van der Waals surface area (Å²) in [6.45, 7) is 0. The second kappa shape index (κ2) is 5.64. The van der Waals surface area contributed by atoms with Crippen LogP contribution in [-0.2, 0) is 0 Å². The van der Waals surface area contributed by atoms with Crippen molar-refractivity contribution < 1.29 is 15.0 Å². The zero-order valence-electron chi connectivity index (χ0n) is 11.8. The Labute approximate surface area is 123 Å². The molecule has 110 valence electrons. The molecule has 21 heavy (non-hydrogen) atoms. The molecule has 0 aliphatic heterocycles. The Morgan fingerprint density at radius 2 is 2.10 bits per heavy atom. The first-order valence-electron chi connectivity index (χ1n) is 7.37. The topological polar surface area (TPSA) is 69.6 Å². The maximum Gasteiger partial charge on any atom is 0.255 e. The second-order valence-electron chi connectivity index (χ2n) is 5.58. The molecule has 3 N–H and O–H groups in total. The molecule has 4 heteroatoms. The molecular weight excluding hydrogens is 266 g/mol. The molecule has 0 fully saturated rings. The zero-order chi connectivity index (χ0) is 14.8. The molecule has 1 aromatic carbocycles. The molecule has 0 aromatic heterocycles. The van der Waals surface area contributed by atoms with Gasteiger partial charge in [0.05, 0.1) is 11.6 Å². The first-order valence-corrected chi connectivity index (χ1v) is 7.37. The molecule has 0 unspecified atom stereocenters. The highest BCUT2D eigenvalue weighted by atomic mass is 16.3. The fraction of sp³-hybridized carbons (Fsp3) is 0.353. The lowest BCUT2D eigenvalue weighted by atomic mass is 9.82. The number of hydrogen-bond donors (Lipinski definition) is 3. The summed E-state index contributed by atoms with van der Waals surface area (Å²) in [5, 5.41) is 22.3. The summed E-state index contributed by atoms with van der Waals surface area (Å²) in [5.74, 6) is -0.966. The molecule has 0 saturated heterocycles. The Kier molecular flexibility index (Phi) is 3.69. The van der Waals surface area contributed by atoms with Crippen LogP contribution in [0.3, 0.4) is 0 Å². The number of phenolic OH excluding ortho intramolecular Hbond substituents is 2. The summed E-state index contributed by atoms with van der Waals surface area (Å²) in [6.07, 6.45) is 9.42. The highest BCUT2D eigenvalue weighted by molar-refractivity contribution is 5.98. The van der Waals surface area contributed by atoms with E-state index in [4.69, 9.17) is 0 Å². The number of phenols is 2. The van der Waals surface area contributed by atoms with E-state index in [2.05, 4.69) is 17.5 Å². The van der Waals surface area contributed by atoms with Gasteiger partial charge in [-0.25, -0.2) is 0 Å². The van der Waals surface area contributed by atoms with Crippen molar-refractivity contribution in [1.29, 1.82) is 0 Å². The van der Waals surface area contributed by atoms with Gasteiger partial charge in [0.2, 0.25) is 0 Å². The molecule has 2 aliphatic carbocycles. The van der Waals surface area contributed by atoms with Gasteiger partial charge in [0.15, 0.2) is 11.5 Å². The maximum absolute atomic E-state index is 12.3. The van der Waals surface area contributed by atoms with Crippen LogP contribution in [0.5, 0.6) is 11.5 Å². The van der Waals surface area contributed by atoms with Gasteiger partial charge in [-0.15, -0.1) is 0 Å². The standard InChI is InChI=1S/C17H19NO3/c19-15-10-4-8-13(16(15)20)17(21)18-14-9-3-6-11-5-1-2-7-12(11)14/h1,4-5,8,10,14,19-20H,2-3,6-7,9H2,(H,18,21)/t14-/m1/s1. The van der Waals surface area contributed by atoms with Crippen LogP contribution in [0.1, 0.15) is 42.5 Å². The Morgan fingerprint density at radius 1 is 1.24 bits per heavy atom. The number of para-hydroxylation sites is 1. The van der Waals surface area contributed by atoms with Crippen LogP contribution >= 0.6 is 0 Å². The summed E-state index contributed by atoms with van der Waals surface area (Å²) in [5.41, 5.74) is 2.78. The third kappa shape index (κ3) is 2.66. The van der Waals surface area contributed by atoms with Crippen molar-refractivity contribution in [3.05, 3.63) is 47.1 Å². The van der Waals surface area contributed by atoms with Crippen LogP contribution in [0.4, 0.5) is 0 Å². The van der Waals surface area contributed by atoms with Crippen LogP contribution in [0.2, 0.25) is 0 Å². The molecule has 0 radical (unpaired) electrons. The molecule has 3 rings (SSSR count). The minimum atomic E-state index is -0.358. The van der Waals surface area contributed by atoms with Gasteiger partial charge in [0, 0.05) is 0 Å². The Bertz CT molecular complexity index is 631. The summed E-state index contributed by atoms with van der Waals surface area (Å²) in [6, 6.07) is 4.47. The van der Waals surface area contributed by atoms with Crippen LogP contribution in [0.25, 0.3) is 0 Å². The number of allylic oxidation sites excluding steroid dienone is 3. The first kappa shape index (κ1) is 13.7. The van der Waals surface area contributed by atoms with Crippen LogP contribution in [0, 0.1) is 0 Å². The third-order valence-corrected chi connectivity index (χ3v) is 4.24. The zero-order valence-corrected chi connectivity index (χ0v) is 11.8. The fourth-order valence-corrected chi connectivity index (χ4v) is 3.15. The number of amides is 1. The Balaban J connectivity index is 1.81. The van der Waals surface area contributed by atoms with Gasteiger partial charge in [-0.3, -0.25) is 4.79 Å². The van der Waals surface area contributed by atoms with Crippen LogP contribution in [0.15, 0.2) is 41.5 Å². The smallest absolute Gasteiger partial charge is 0.255 e. The number of aromatic hydroxyl groups is 2. The van der Waals surface area contributed by atoms with E-state index in [0.29, 0.717) is 0 Å². The maximum atomic E-state index is 12.3. The summed E-state index contributed by atoms with van der Waals surface area (Å²) < 4.78 is 0. The van der Waals surface area contributed by atoms with E-state index < -0.39 is 0 Å². The highest BCUT2D eigenvalue weighted by Crippen LogP contribution is 2.33. The molecule has 1 amide bonds. The summed E-state index contributed by atoms with van der Waals surface area (Å²) in [7, 11) is 0. The lowest BCUT2D eigenvalue weighted by Gasteiger charge is -2.30. The van der Waals surface area contributed by atoms with Gasteiger partial charge in [0.1, 0.15) is 0 Å². The molecule has 1 aromatic rings. The van der Waals surface area contributed by atoms with Crippen molar-refractivity contribution in [2.75, 3.05) is 0 Å². The lowest BCUT2D eigenvalue weighted by Crippen LogP contribution is -2.38. The van der Waals surface area contributed by atoms with Crippen LogP contribution in [-0.4, -0.2) is 22.2 Å².